The summed E-state index contributed by atoms with van der Waals surface area (Å²) in [6.07, 6.45) is 8.63. The number of thiophene rings is 1. The first-order valence-electron chi connectivity index (χ1n) is 11.2. The maximum absolute atomic E-state index is 6.44. The quantitative estimate of drug-likeness (QED) is 0.270. The van der Waals surface area contributed by atoms with Gasteiger partial charge in [-0.05, 0) is 85.0 Å². The molecule has 34 heavy (non-hydrogen) atoms. The highest BCUT2D eigenvalue weighted by Gasteiger charge is 2.16. The maximum Gasteiger partial charge on any atom is 0.114 e. The lowest BCUT2D eigenvalue weighted by Crippen LogP contribution is -2.08. The molecule has 0 saturated carbocycles. The van der Waals surface area contributed by atoms with E-state index in [-0.39, 0.29) is 0 Å². The number of aryl methyl sites for hydroxylation is 1. The predicted molar refractivity (Wildman–Crippen MR) is 146 cm³/mol. The van der Waals surface area contributed by atoms with Crippen LogP contribution in [0.15, 0.2) is 101 Å². The molecule has 166 valence electrons. The molecule has 5 rings (SSSR count). The summed E-state index contributed by atoms with van der Waals surface area (Å²) in [5.74, 6) is 0. The minimum atomic E-state index is 0.703. The van der Waals surface area contributed by atoms with Crippen LogP contribution in [0.1, 0.15) is 34.1 Å². The van der Waals surface area contributed by atoms with Crippen LogP contribution >= 0.6 is 22.9 Å². The molecule has 2 aromatic carbocycles. The number of fused-ring (bicyclic) bond motifs is 1. The fraction of sp³-hybridized carbons (Fsp3) is 0.100. The van der Waals surface area contributed by atoms with E-state index < -0.39 is 0 Å². The van der Waals surface area contributed by atoms with Crippen molar-refractivity contribution in [3.05, 3.63) is 129 Å². The monoisotopic (exact) mass is 478 g/mol. The summed E-state index contributed by atoms with van der Waals surface area (Å²) in [7, 11) is 0. The highest BCUT2D eigenvalue weighted by atomic mass is 35.5. The molecular weight excluding hydrogens is 456 g/mol. The molecule has 3 heterocycles. The number of halogens is 1. The molecule has 0 amide bonds. The van der Waals surface area contributed by atoms with Crippen LogP contribution in [0.4, 0.5) is 0 Å². The molecule has 0 aliphatic carbocycles. The van der Waals surface area contributed by atoms with Crippen LogP contribution in [0.5, 0.6) is 0 Å². The lowest BCUT2D eigenvalue weighted by Gasteiger charge is -2.15. The summed E-state index contributed by atoms with van der Waals surface area (Å²) in [6.45, 7) is 4.29. The Balaban J connectivity index is 1.64. The molecule has 1 aliphatic heterocycles. The van der Waals surface area contributed by atoms with Crippen molar-refractivity contribution in [3.8, 4) is 10.4 Å². The Kier molecular flexibility index (Phi) is 6.42. The molecule has 2 nitrogen and oxygen atoms in total. The molecule has 0 fully saturated rings. The third-order valence-electron chi connectivity index (χ3n) is 5.78. The summed E-state index contributed by atoms with van der Waals surface area (Å²) in [6, 6.07) is 22.7. The summed E-state index contributed by atoms with van der Waals surface area (Å²) in [5, 5.41) is 0.703. The number of allylic oxidation sites excluding steroid dienone is 2. The van der Waals surface area contributed by atoms with Crippen molar-refractivity contribution in [1.82, 2.24) is 4.98 Å². The third-order valence-corrected chi connectivity index (χ3v) is 7.25. The minimum Gasteiger partial charge on any atom is -0.264 e. The number of benzene rings is 2. The summed E-state index contributed by atoms with van der Waals surface area (Å²) < 4.78 is 0. The van der Waals surface area contributed by atoms with E-state index >= 15 is 0 Å². The predicted octanol–water partition coefficient (Wildman–Crippen LogP) is 8.42. The van der Waals surface area contributed by atoms with Crippen molar-refractivity contribution in [3.63, 3.8) is 0 Å². The Morgan fingerprint density at radius 1 is 1.03 bits per heavy atom. The van der Waals surface area contributed by atoms with E-state index in [2.05, 4.69) is 67.0 Å². The second-order valence-electron chi connectivity index (χ2n) is 8.26. The number of nitrogens with zero attached hydrogens (tertiary/aromatic N) is 2. The Labute approximate surface area is 209 Å². The van der Waals surface area contributed by atoms with Gasteiger partial charge in [0, 0.05) is 38.3 Å². The smallest absolute Gasteiger partial charge is 0.114 e. The fourth-order valence-corrected chi connectivity index (χ4v) is 5.36. The molecule has 0 bridgehead atoms. The summed E-state index contributed by atoms with van der Waals surface area (Å²) in [4.78, 5) is 11.9. The molecular formula is C30H23ClN2S. The van der Waals surface area contributed by atoms with Gasteiger partial charge in [-0.3, -0.25) is 4.98 Å². The Morgan fingerprint density at radius 2 is 1.85 bits per heavy atom. The average Bonchev–Trinajstić information content (AvgIpc) is 3.21. The van der Waals surface area contributed by atoms with Gasteiger partial charge in [0.25, 0.3) is 0 Å². The van der Waals surface area contributed by atoms with Crippen LogP contribution in [0.2, 0.25) is 5.02 Å². The van der Waals surface area contributed by atoms with Crippen molar-refractivity contribution >= 4 is 40.4 Å². The normalized spacial score (nSPS) is 13.6. The van der Waals surface area contributed by atoms with Gasteiger partial charge in [-0.25, -0.2) is 4.99 Å². The first-order valence-corrected chi connectivity index (χ1v) is 12.4. The number of aliphatic imine (C=N–C) groups is 1. The van der Waals surface area contributed by atoms with Crippen LogP contribution in [0.25, 0.3) is 22.2 Å². The van der Waals surface area contributed by atoms with E-state index in [0.29, 0.717) is 5.02 Å². The Bertz CT molecular complexity index is 1470. The maximum atomic E-state index is 6.44. The van der Waals surface area contributed by atoms with E-state index in [1.807, 2.05) is 42.6 Å². The van der Waals surface area contributed by atoms with E-state index in [1.165, 1.54) is 26.4 Å². The largest absolute Gasteiger partial charge is 0.264 e. The highest BCUT2D eigenvalue weighted by molar-refractivity contribution is 7.16. The van der Waals surface area contributed by atoms with Gasteiger partial charge >= 0.3 is 0 Å². The van der Waals surface area contributed by atoms with Crippen LogP contribution in [0.3, 0.4) is 0 Å². The van der Waals surface area contributed by atoms with Gasteiger partial charge in [-0.2, -0.15) is 0 Å². The van der Waals surface area contributed by atoms with Gasteiger partial charge in [0.1, 0.15) is 5.70 Å². The molecule has 0 saturated heterocycles. The first kappa shape index (κ1) is 22.3. The van der Waals surface area contributed by atoms with E-state index in [9.17, 15) is 0 Å². The molecule has 0 atom stereocenters. The van der Waals surface area contributed by atoms with Crippen LogP contribution in [-0.2, 0) is 6.42 Å². The molecule has 2 aromatic heterocycles. The van der Waals surface area contributed by atoms with Gasteiger partial charge in [-0.1, -0.05) is 53.7 Å². The standard InChI is InChI=1S/C30H23ClN2S/c1-20-16-29(23-8-4-3-5-9-23)34-28(20)17-21(2)30-26-18-25(31)14-13-22(26)10-6-12-27(33-30)24-11-7-15-32-19-24/h3-9,11,13-19H,10H2,1-2H3. The van der Waals surface area contributed by atoms with Gasteiger partial charge < -0.3 is 0 Å². The summed E-state index contributed by atoms with van der Waals surface area (Å²) in [5.41, 5.74) is 11.8. The van der Waals surface area contributed by atoms with E-state index in [0.717, 1.165) is 34.5 Å². The molecule has 0 spiro atoms. The molecule has 4 aromatic rings. The van der Waals surface area contributed by atoms with Gasteiger partial charge in [0.15, 0.2) is 0 Å². The zero-order valence-electron chi connectivity index (χ0n) is 19.0. The topological polar surface area (TPSA) is 25.2 Å². The van der Waals surface area contributed by atoms with Crippen LogP contribution in [-0.4, -0.2) is 10.7 Å². The molecule has 0 radical (unpaired) electrons. The van der Waals surface area contributed by atoms with Crippen molar-refractivity contribution in [2.45, 2.75) is 20.3 Å². The van der Waals surface area contributed by atoms with E-state index in [1.54, 1.807) is 17.5 Å². The lowest BCUT2D eigenvalue weighted by atomic mass is 9.94. The number of aromatic nitrogens is 1. The van der Waals surface area contributed by atoms with Crippen molar-refractivity contribution in [2.75, 3.05) is 0 Å². The zero-order chi connectivity index (χ0) is 23.5. The Morgan fingerprint density at radius 3 is 2.65 bits per heavy atom. The second-order valence-corrected chi connectivity index (χ2v) is 9.78. The number of hydrogen-bond donors (Lipinski definition) is 0. The highest BCUT2D eigenvalue weighted by Crippen LogP contribution is 2.34. The number of pyridine rings is 1. The second kappa shape index (κ2) is 9.79. The average molecular weight is 479 g/mol. The van der Waals surface area contributed by atoms with Crippen LogP contribution < -0.4 is 0 Å². The Hall–Kier alpha value is -3.49. The SMILES string of the molecule is CC(=Cc1sc(-c2ccccc2)cc1C)C1=NC(c2cccnc2)=C=CCc2ccc(Cl)cc21. The molecule has 4 heteroatoms. The van der Waals surface area contributed by atoms with Crippen molar-refractivity contribution in [2.24, 2.45) is 4.99 Å². The lowest BCUT2D eigenvalue weighted by molar-refractivity contribution is 1.24. The van der Waals surface area contributed by atoms with Gasteiger partial charge in [0.05, 0.1) is 5.71 Å². The van der Waals surface area contributed by atoms with Crippen molar-refractivity contribution < 1.29 is 0 Å². The number of hydrogen-bond acceptors (Lipinski definition) is 3. The molecule has 0 unspecified atom stereocenters. The zero-order valence-corrected chi connectivity index (χ0v) is 20.6. The van der Waals surface area contributed by atoms with Crippen LogP contribution in [0, 0.1) is 6.92 Å². The molecule has 1 aliphatic rings. The van der Waals surface area contributed by atoms with E-state index in [4.69, 9.17) is 16.6 Å². The fourth-order valence-electron chi connectivity index (χ4n) is 4.01. The number of rotatable bonds is 4. The van der Waals surface area contributed by atoms with Gasteiger partial charge in [0.2, 0.25) is 0 Å². The van der Waals surface area contributed by atoms with Crippen molar-refractivity contribution in [1.29, 1.82) is 0 Å². The minimum absolute atomic E-state index is 0.703. The molecule has 0 N–H and O–H groups in total. The summed E-state index contributed by atoms with van der Waals surface area (Å²) >= 11 is 8.24. The third kappa shape index (κ3) is 4.73. The van der Waals surface area contributed by atoms with Gasteiger partial charge in [-0.15, -0.1) is 11.3 Å². The first-order chi connectivity index (χ1) is 16.6.